The predicted molar refractivity (Wildman–Crippen MR) is 96.4 cm³/mol. The van der Waals surface area contributed by atoms with Crippen molar-refractivity contribution in [2.24, 2.45) is 0 Å². The number of hydrogen-bond donors (Lipinski definition) is 0. The van der Waals surface area contributed by atoms with E-state index in [1.54, 1.807) is 0 Å². The van der Waals surface area contributed by atoms with Crippen LogP contribution in [-0.2, 0) is 5.75 Å². The molecule has 2 aromatic carbocycles. The Morgan fingerprint density at radius 1 is 1.05 bits per heavy atom. The van der Waals surface area contributed by atoms with E-state index >= 15 is 0 Å². The van der Waals surface area contributed by atoms with Crippen LogP contribution in [0.4, 0.5) is 0 Å². The molecule has 0 saturated heterocycles. The molecule has 0 bridgehead atoms. The maximum Gasteiger partial charge on any atom is 0.146 e. The molecule has 5 rings (SSSR count). The fourth-order valence-electron chi connectivity index (χ4n) is 3.94. The van der Waals surface area contributed by atoms with Crippen LogP contribution in [0.2, 0.25) is 0 Å². The summed E-state index contributed by atoms with van der Waals surface area (Å²) in [5, 5.41) is 5.40. The van der Waals surface area contributed by atoms with E-state index < -0.39 is 10.0 Å². The number of benzene rings is 2. The Labute approximate surface area is 131 Å². The zero-order chi connectivity index (χ0) is 15.1. The number of aryl methyl sites for hydroxylation is 1. The monoisotopic (exact) mass is 306 g/mol. The molecule has 4 aromatic rings. The first-order valence-electron chi connectivity index (χ1n) is 7.59. The van der Waals surface area contributed by atoms with E-state index in [2.05, 4.69) is 66.4 Å². The van der Waals surface area contributed by atoms with Crippen LogP contribution in [0, 0.1) is 6.92 Å². The average Bonchev–Trinajstić information content (AvgIpc) is 2.95. The van der Waals surface area contributed by atoms with Crippen LogP contribution in [-0.4, -0.2) is 21.9 Å². The molecule has 1 aliphatic rings. The third-order valence-corrected chi connectivity index (χ3v) is 7.40. The maximum absolute atomic E-state index is 4.81. The van der Waals surface area contributed by atoms with Gasteiger partial charge in [-0.3, -0.25) is 4.40 Å². The Kier molecular flexibility index (Phi) is 2.19. The molecule has 0 fully saturated rings. The van der Waals surface area contributed by atoms with Gasteiger partial charge in [-0.1, -0.05) is 36.4 Å². The van der Waals surface area contributed by atoms with Crippen LogP contribution in [0.1, 0.15) is 11.1 Å². The number of hydrogen-bond acceptors (Lipinski definition) is 1. The van der Waals surface area contributed by atoms with Crippen LogP contribution >= 0.6 is 10.0 Å². The summed E-state index contributed by atoms with van der Waals surface area (Å²) in [6.45, 7) is 2.22. The van der Waals surface area contributed by atoms with Gasteiger partial charge in [0.1, 0.15) is 5.65 Å². The molecule has 3 heterocycles. The highest BCUT2D eigenvalue weighted by Crippen LogP contribution is 2.56. The molecular formula is C19H18N2S. The van der Waals surface area contributed by atoms with E-state index in [1.165, 1.54) is 37.8 Å². The Bertz CT molecular complexity index is 1090. The molecule has 0 spiro atoms. The molecule has 1 aliphatic heterocycles. The summed E-state index contributed by atoms with van der Waals surface area (Å²) >= 11 is 0. The third kappa shape index (κ3) is 1.35. The van der Waals surface area contributed by atoms with E-state index in [0.29, 0.717) is 0 Å². The molecule has 22 heavy (non-hydrogen) atoms. The third-order valence-electron chi connectivity index (χ3n) is 4.94. The van der Waals surface area contributed by atoms with Crippen LogP contribution in [0.25, 0.3) is 27.3 Å². The van der Waals surface area contributed by atoms with Crippen molar-refractivity contribution in [2.45, 2.75) is 17.7 Å². The van der Waals surface area contributed by atoms with Crippen molar-refractivity contribution < 1.29 is 0 Å². The lowest BCUT2D eigenvalue weighted by Crippen LogP contribution is -2.12. The Morgan fingerprint density at radius 3 is 2.64 bits per heavy atom. The van der Waals surface area contributed by atoms with Gasteiger partial charge in [0.15, 0.2) is 0 Å². The molecule has 110 valence electrons. The van der Waals surface area contributed by atoms with Gasteiger partial charge in [-0.2, -0.15) is 10.0 Å². The van der Waals surface area contributed by atoms with E-state index in [4.69, 9.17) is 4.98 Å². The number of fused-ring (bicyclic) bond motifs is 3. The highest BCUT2D eigenvalue weighted by atomic mass is 32.3. The molecule has 3 heteroatoms. The van der Waals surface area contributed by atoms with Crippen molar-refractivity contribution in [3.8, 4) is 0 Å². The SMILES string of the molecule is Cc1ccc2c3c1c1ccccc1c1ncc(n13)S(C)(C)C2. The fourth-order valence-corrected chi connectivity index (χ4v) is 6.11. The molecular weight excluding hydrogens is 288 g/mol. The van der Waals surface area contributed by atoms with E-state index in [0.717, 1.165) is 11.4 Å². The average molecular weight is 306 g/mol. The Balaban J connectivity index is 2.23. The molecule has 0 N–H and O–H groups in total. The number of aromatic nitrogens is 2. The minimum atomic E-state index is -0.832. The summed E-state index contributed by atoms with van der Waals surface area (Å²) in [4.78, 5) is 4.81. The highest BCUT2D eigenvalue weighted by molar-refractivity contribution is 8.32. The maximum atomic E-state index is 4.81. The largest absolute Gasteiger partial charge is 0.288 e. The molecule has 0 aliphatic carbocycles. The lowest BCUT2D eigenvalue weighted by Gasteiger charge is -2.35. The van der Waals surface area contributed by atoms with Gasteiger partial charge in [0.05, 0.1) is 16.7 Å². The van der Waals surface area contributed by atoms with Crippen molar-refractivity contribution in [3.05, 3.63) is 53.7 Å². The smallest absolute Gasteiger partial charge is 0.146 e. The molecule has 0 radical (unpaired) electrons. The Morgan fingerprint density at radius 2 is 1.82 bits per heavy atom. The number of rotatable bonds is 0. The van der Waals surface area contributed by atoms with Gasteiger partial charge in [-0.05, 0) is 35.9 Å². The minimum absolute atomic E-state index is 0.832. The summed E-state index contributed by atoms with van der Waals surface area (Å²) in [7, 11) is -0.832. The number of imidazole rings is 1. The van der Waals surface area contributed by atoms with E-state index in [9.17, 15) is 0 Å². The van der Waals surface area contributed by atoms with Gasteiger partial charge in [0.2, 0.25) is 0 Å². The zero-order valence-electron chi connectivity index (χ0n) is 13.1. The van der Waals surface area contributed by atoms with Crippen LogP contribution in [0.15, 0.2) is 47.6 Å². The standard InChI is InChI=1S/C19H18N2S/c1-12-8-9-13-11-22(2,3)16-10-20-19-15-7-5-4-6-14(15)17(12)18(13)21(16)19/h4-10H,11H2,1-3H3. The summed E-state index contributed by atoms with van der Waals surface area (Å²) < 4.78 is 2.44. The Hall–Kier alpha value is -2.00. The van der Waals surface area contributed by atoms with Crippen molar-refractivity contribution in [1.82, 2.24) is 9.38 Å². The molecule has 0 unspecified atom stereocenters. The fraction of sp³-hybridized carbons (Fsp3) is 0.211. The first-order chi connectivity index (χ1) is 10.6. The van der Waals surface area contributed by atoms with E-state index in [-0.39, 0.29) is 0 Å². The van der Waals surface area contributed by atoms with Gasteiger partial charge < -0.3 is 0 Å². The molecule has 0 atom stereocenters. The van der Waals surface area contributed by atoms with Crippen LogP contribution in [0.3, 0.4) is 0 Å². The second-order valence-corrected chi connectivity index (χ2v) is 10.5. The molecule has 2 aromatic heterocycles. The van der Waals surface area contributed by atoms with Crippen molar-refractivity contribution in [2.75, 3.05) is 12.5 Å². The molecule has 0 amide bonds. The second kappa shape index (κ2) is 3.85. The van der Waals surface area contributed by atoms with Gasteiger partial charge >= 0.3 is 0 Å². The van der Waals surface area contributed by atoms with Crippen molar-refractivity contribution in [3.63, 3.8) is 0 Å². The summed E-state index contributed by atoms with van der Waals surface area (Å²) in [6, 6.07) is 13.3. The lowest BCUT2D eigenvalue weighted by atomic mass is 9.99. The van der Waals surface area contributed by atoms with Crippen LogP contribution in [0.5, 0.6) is 0 Å². The molecule has 2 nitrogen and oxygen atoms in total. The summed E-state index contributed by atoms with van der Waals surface area (Å²) in [5.41, 5.74) is 5.33. The summed E-state index contributed by atoms with van der Waals surface area (Å²) in [6.07, 6.45) is 6.92. The summed E-state index contributed by atoms with van der Waals surface area (Å²) in [5.74, 6) is 1.16. The zero-order valence-corrected chi connectivity index (χ0v) is 13.9. The lowest BCUT2D eigenvalue weighted by molar-refractivity contribution is 1.06. The van der Waals surface area contributed by atoms with E-state index in [1.807, 2.05) is 0 Å². The van der Waals surface area contributed by atoms with Crippen LogP contribution < -0.4 is 0 Å². The van der Waals surface area contributed by atoms with Crippen molar-refractivity contribution >= 4 is 37.4 Å². The van der Waals surface area contributed by atoms with Gasteiger partial charge in [0, 0.05) is 16.5 Å². The first-order valence-corrected chi connectivity index (χ1v) is 10.2. The van der Waals surface area contributed by atoms with Crippen molar-refractivity contribution in [1.29, 1.82) is 0 Å². The molecule has 0 saturated carbocycles. The quantitative estimate of drug-likeness (QED) is 0.423. The highest BCUT2D eigenvalue weighted by Gasteiger charge is 2.28. The van der Waals surface area contributed by atoms with Gasteiger partial charge in [-0.25, -0.2) is 4.98 Å². The normalized spacial score (nSPS) is 17.6. The minimum Gasteiger partial charge on any atom is -0.288 e. The number of nitrogens with zero attached hydrogens (tertiary/aromatic N) is 2. The first kappa shape index (κ1) is 12.5. The van der Waals surface area contributed by atoms with Gasteiger partial charge in [-0.15, -0.1) is 0 Å². The predicted octanol–water partition coefficient (Wildman–Crippen LogP) is 4.89. The topological polar surface area (TPSA) is 17.3 Å². The second-order valence-electron chi connectivity index (χ2n) is 6.75. The van der Waals surface area contributed by atoms with Gasteiger partial charge in [0.25, 0.3) is 0 Å². The number of pyridine rings is 1.